The standard InChI is InChI=1S/C12H14N2O3/c1-16-9-4-8(5-13-6-9)12(15)14-3-2-10-11(7-14)17-10/h4-6,10-11H,2-3,7H2,1H3. The van der Waals surface area contributed by atoms with Crippen LogP contribution < -0.4 is 4.74 Å². The lowest BCUT2D eigenvalue weighted by molar-refractivity contribution is 0.0736. The van der Waals surface area contributed by atoms with E-state index in [4.69, 9.17) is 9.47 Å². The van der Waals surface area contributed by atoms with Crippen LogP contribution in [0.15, 0.2) is 18.5 Å². The van der Waals surface area contributed by atoms with Crippen LogP contribution in [0, 0.1) is 0 Å². The molecule has 5 heteroatoms. The quantitative estimate of drug-likeness (QED) is 0.707. The molecule has 0 radical (unpaired) electrons. The molecule has 17 heavy (non-hydrogen) atoms. The van der Waals surface area contributed by atoms with Gasteiger partial charge in [0.05, 0.1) is 25.0 Å². The van der Waals surface area contributed by atoms with Crippen molar-refractivity contribution < 1.29 is 14.3 Å². The molecule has 2 atom stereocenters. The number of nitrogens with zero attached hydrogens (tertiary/aromatic N) is 2. The number of aromatic nitrogens is 1. The molecule has 0 saturated carbocycles. The predicted octanol–water partition coefficient (Wildman–Crippen LogP) is 0.703. The summed E-state index contributed by atoms with van der Waals surface area (Å²) in [6.07, 6.45) is 4.75. The Morgan fingerprint density at radius 1 is 1.53 bits per heavy atom. The molecule has 2 unspecified atom stereocenters. The third-order valence-corrected chi connectivity index (χ3v) is 3.25. The molecule has 2 aliphatic rings. The molecule has 2 fully saturated rings. The Morgan fingerprint density at radius 3 is 3.18 bits per heavy atom. The number of fused-ring (bicyclic) bond motifs is 1. The number of hydrogen-bond donors (Lipinski definition) is 0. The minimum atomic E-state index is 0.00495. The Kier molecular flexibility index (Phi) is 2.48. The number of hydrogen-bond acceptors (Lipinski definition) is 4. The third kappa shape index (κ3) is 1.98. The maximum Gasteiger partial charge on any atom is 0.255 e. The molecule has 2 saturated heterocycles. The van der Waals surface area contributed by atoms with E-state index in [-0.39, 0.29) is 12.0 Å². The fourth-order valence-electron chi connectivity index (χ4n) is 2.20. The van der Waals surface area contributed by atoms with Crippen LogP contribution >= 0.6 is 0 Å². The van der Waals surface area contributed by atoms with Gasteiger partial charge in [-0.15, -0.1) is 0 Å². The van der Waals surface area contributed by atoms with Crippen LogP contribution in [0.2, 0.25) is 0 Å². The van der Waals surface area contributed by atoms with Gasteiger partial charge >= 0.3 is 0 Å². The lowest BCUT2D eigenvalue weighted by Gasteiger charge is -2.24. The molecule has 0 aliphatic carbocycles. The summed E-state index contributed by atoms with van der Waals surface area (Å²) in [7, 11) is 1.56. The summed E-state index contributed by atoms with van der Waals surface area (Å²) in [4.78, 5) is 18.0. The first kappa shape index (κ1) is 10.5. The topological polar surface area (TPSA) is 55.0 Å². The largest absolute Gasteiger partial charge is 0.495 e. The minimum Gasteiger partial charge on any atom is -0.495 e. The van der Waals surface area contributed by atoms with Crippen molar-refractivity contribution in [2.24, 2.45) is 0 Å². The highest BCUT2D eigenvalue weighted by molar-refractivity contribution is 5.94. The number of epoxide rings is 1. The molecule has 2 aliphatic heterocycles. The normalized spacial score (nSPS) is 26.3. The van der Waals surface area contributed by atoms with E-state index in [0.717, 1.165) is 13.0 Å². The molecule has 0 aromatic carbocycles. The number of carbonyl (C=O) groups is 1. The van der Waals surface area contributed by atoms with E-state index in [1.165, 1.54) is 0 Å². The van der Waals surface area contributed by atoms with Crippen LogP contribution in [0.4, 0.5) is 0 Å². The highest BCUT2D eigenvalue weighted by Gasteiger charge is 2.44. The Hall–Kier alpha value is -1.62. The van der Waals surface area contributed by atoms with Gasteiger partial charge in [0, 0.05) is 19.3 Å². The van der Waals surface area contributed by atoms with Crippen molar-refractivity contribution in [3.63, 3.8) is 0 Å². The zero-order valence-corrected chi connectivity index (χ0v) is 9.63. The molecule has 3 heterocycles. The van der Waals surface area contributed by atoms with Gasteiger partial charge in [0.1, 0.15) is 11.9 Å². The van der Waals surface area contributed by atoms with Crippen molar-refractivity contribution >= 4 is 5.91 Å². The minimum absolute atomic E-state index is 0.00495. The molecule has 1 aromatic heterocycles. The van der Waals surface area contributed by atoms with Crippen molar-refractivity contribution in [1.82, 2.24) is 9.88 Å². The molecular formula is C12H14N2O3. The van der Waals surface area contributed by atoms with Crippen LogP contribution in [-0.4, -0.2) is 48.2 Å². The van der Waals surface area contributed by atoms with Crippen molar-refractivity contribution in [3.8, 4) is 5.75 Å². The van der Waals surface area contributed by atoms with Crippen LogP contribution in [0.1, 0.15) is 16.8 Å². The van der Waals surface area contributed by atoms with Gasteiger partial charge in [0.15, 0.2) is 0 Å². The van der Waals surface area contributed by atoms with Crippen molar-refractivity contribution in [2.75, 3.05) is 20.2 Å². The second-order valence-corrected chi connectivity index (χ2v) is 4.37. The summed E-state index contributed by atoms with van der Waals surface area (Å²) in [5.74, 6) is 0.610. The van der Waals surface area contributed by atoms with E-state index in [0.29, 0.717) is 24.0 Å². The summed E-state index contributed by atoms with van der Waals surface area (Å²) in [6.45, 7) is 1.46. The summed E-state index contributed by atoms with van der Waals surface area (Å²) >= 11 is 0. The van der Waals surface area contributed by atoms with E-state index in [9.17, 15) is 4.79 Å². The van der Waals surface area contributed by atoms with Crippen molar-refractivity contribution in [3.05, 3.63) is 24.0 Å². The Balaban J connectivity index is 1.75. The molecule has 0 spiro atoms. The highest BCUT2D eigenvalue weighted by atomic mass is 16.6. The third-order valence-electron chi connectivity index (χ3n) is 3.25. The highest BCUT2D eigenvalue weighted by Crippen LogP contribution is 2.31. The number of carbonyl (C=O) groups excluding carboxylic acids is 1. The predicted molar refractivity (Wildman–Crippen MR) is 60.0 cm³/mol. The molecule has 1 aromatic rings. The van der Waals surface area contributed by atoms with Gasteiger partial charge in [-0.05, 0) is 12.5 Å². The van der Waals surface area contributed by atoms with Crippen molar-refractivity contribution in [1.29, 1.82) is 0 Å². The summed E-state index contributed by atoms with van der Waals surface area (Å²) < 4.78 is 10.5. The molecule has 3 rings (SSSR count). The van der Waals surface area contributed by atoms with E-state index < -0.39 is 0 Å². The molecule has 0 N–H and O–H groups in total. The average molecular weight is 234 g/mol. The molecular weight excluding hydrogens is 220 g/mol. The summed E-state index contributed by atoms with van der Waals surface area (Å²) in [6, 6.07) is 1.72. The van der Waals surface area contributed by atoms with Gasteiger partial charge in [-0.1, -0.05) is 0 Å². The number of amides is 1. The number of likely N-dealkylation sites (tertiary alicyclic amines) is 1. The zero-order valence-electron chi connectivity index (χ0n) is 9.63. The van der Waals surface area contributed by atoms with E-state index in [1.807, 2.05) is 4.90 Å². The maximum atomic E-state index is 12.2. The van der Waals surface area contributed by atoms with E-state index in [1.54, 1.807) is 25.6 Å². The monoisotopic (exact) mass is 234 g/mol. The second-order valence-electron chi connectivity index (χ2n) is 4.37. The first-order valence-electron chi connectivity index (χ1n) is 5.71. The first-order chi connectivity index (χ1) is 8.28. The first-order valence-corrected chi connectivity index (χ1v) is 5.71. The second kappa shape index (κ2) is 4.00. The smallest absolute Gasteiger partial charge is 0.255 e. The average Bonchev–Trinajstić information content (AvgIpc) is 3.16. The zero-order chi connectivity index (χ0) is 11.8. The molecule has 5 nitrogen and oxygen atoms in total. The maximum absolute atomic E-state index is 12.2. The number of rotatable bonds is 2. The Bertz CT molecular complexity index is 449. The van der Waals surface area contributed by atoms with Gasteiger partial charge in [-0.2, -0.15) is 0 Å². The van der Waals surface area contributed by atoms with E-state index >= 15 is 0 Å². The molecule has 1 amide bonds. The van der Waals surface area contributed by atoms with Gasteiger partial charge in [0.25, 0.3) is 5.91 Å². The molecule has 0 bridgehead atoms. The van der Waals surface area contributed by atoms with Crippen LogP contribution in [0.3, 0.4) is 0 Å². The van der Waals surface area contributed by atoms with E-state index in [2.05, 4.69) is 4.98 Å². The Labute approximate surface area is 99.3 Å². The van der Waals surface area contributed by atoms with Crippen LogP contribution in [-0.2, 0) is 4.74 Å². The number of piperidine rings is 1. The van der Waals surface area contributed by atoms with Gasteiger partial charge in [0.2, 0.25) is 0 Å². The summed E-state index contributed by atoms with van der Waals surface area (Å²) in [5.41, 5.74) is 0.573. The number of pyridine rings is 1. The SMILES string of the molecule is COc1cncc(C(=O)N2CCC3OC3C2)c1. The van der Waals surface area contributed by atoms with Crippen LogP contribution in [0.25, 0.3) is 0 Å². The fourth-order valence-corrected chi connectivity index (χ4v) is 2.20. The van der Waals surface area contributed by atoms with Crippen LogP contribution in [0.5, 0.6) is 5.75 Å². The lowest BCUT2D eigenvalue weighted by Crippen LogP contribution is -2.39. The number of methoxy groups -OCH3 is 1. The lowest BCUT2D eigenvalue weighted by atomic mass is 10.1. The molecule has 90 valence electrons. The Morgan fingerprint density at radius 2 is 2.41 bits per heavy atom. The van der Waals surface area contributed by atoms with Crippen molar-refractivity contribution in [2.45, 2.75) is 18.6 Å². The number of ether oxygens (including phenoxy) is 2. The van der Waals surface area contributed by atoms with Gasteiger partial charge < -0.3 is 14.4 Å². The van der Waals surface area contributed by atoms with Gasteiger partial charge in [-0.3, -0.25) is 9.78 Å². The van der Waals surface area contributed by atoms with Gasteiger partial charge in [-0.25, -0.2) is 0 Å². The summed E-state index contributed by atoms with van der Waals surface area (Å²) in [5, 5.41) is 0. The fraction of sp³-hybridized carbons (Fsp3) is 0.500.